The van der Waals surface area contributed by atoms with Crippen LogP contribution >= 0.6 is 27.3 Å². The molecular weight excluding hydrogens is 490 g/mol. The molecule has 156 valence electrons. The van der Waals surface area contributed by atoms with E-state index in [1.54, 1.807) is 42.5 Å². The molecule has 0 unspecified atom stereocenters. The first-order chi connectivity index (χ1) is 15.5. The molecule has 4 aromatic rings. The molecule has 2 heterocycles. The van der Waals surface area contributed by atoms with Gasteiger partial charge in [-0.2, -0.15) is 0 Å². The summed E-state index contributed by atoms with van der Waals surface area (Å²) in [5.41, 5.74) is 3.07. The number of rotatable bonds is 4. The van der Waals surface area contributed by atoms with Gasteiger partial charge in [-0.3, -0.25) is 19.7 Å². The lowest BCUT2D eigenvalue weighted by Gasteiger charge is -2.14. The van der Waals surface area contributed by atoms with Crippen molar-refractivity contribution in [1.29, 1.82) is 0 Å². The Morgan fingerprint density at radius 2 is 1.62 bits per heavy atom. The molecule has 0 atom stereocenters. The van der Waals surface area contributed by atoms with E-state index < -0.39 is 11.8 Å². The molecule has 0 aliphatic carbocycles. The van der Waals surface area contributed by atoms with E-state index in [0.29, 0.717) is 27.5 Å². The lowest BCUT2D eigenvalue weighted by atomic mass is 10.1. The summed E-state index contributed by atoms with van der Waals surface area (Å²) >= 11 is 4.76. The highest BCUT2D eigenvalue weighted by Gasteiger charge is 2.36. The highest BCUT2D eigenvalue weighted by Crippen LogP contribution is 2.30. The minimum Gasteiger partial charge on any atom is -0.298 e. The number of anilines is 2. The van der Waals surface area contributed by atoms with Crippen LogP contribution in [0.4, 0.5) is 10.8 Å². The second-order valence-electron chi connectivity index (χ2n) is 7.04. The number of benzene rings is 3. The van der Waals surface area contributed by atoms with Gasteiger partial charge in [0.2, 0.25) is 0 Å². The number of halogens is 1. The van der Waals surface area contributed by atoms with Crippen molar-refractivity contribution < 1.29 is 14.4 Å². The van der Waals surface area contributed by atoms with Gasteiger partial charge in [-0.15, -0.1) is 11.3 Å². The Morgan fingerprint density at radius 1 is 0.906 bits per heavy atom. The number of nitrogens with one attached hydrogen (secondary N) is 1. The predicted molar refractivity (Wildman–Crippen MR) is 127 cm³/mol. The molecule has 5 rings (SSSR count). The number of amides is 3. The van der Waals surface area contributed by atoms with E-state index in [1.807, 2.05) is 29.6 Å². The maximum absolute atomic E-state index is 12.8. The second kappa shape index (κ2) is 8.14. The molecule has 6 nitrogen and oxygen atoms in total. The number of carbonyl (C=O) groups is 3. The third kappa shape index (κ3) is 3.63. The SMILES string of the molecule is O=C(Nc1nc(-c2cccc(Br)c2)cs1)c1cccc(N2C(=O)c3ccccc3C2=O)c1. The molecule has 3 aromatic carbocycles. The number of hydrogen-bond donors (Lipinski definition) is 1. The first-order valence-electron chi connectivity index (χ1n) is 9.62. The predicted octanol–water partition coefficient (Wildman–Crippen LogP) is 5.63. The van der Waals surface area contributed by atoms with Gasteiger partial charge in [0.15, 0.2) is 5.13 Å². The van der Waals surface area contributed by atoms with E-state index in [0.717, 1.165) is 20.6 Å². The molecule has 1 N–H and O–H groups in total. The zero-order chi connectivity index (χ0) is 22.2. The molecule has 8 heteroatoms. The summed E-state index contributed by atoms with van der Waals surface area (Å²) in [5.74, 6) is -1.18. The highest BCUT2D eigenvalue weighted by molar-refractivity contribution is 9.10. The van der Waals surface area contributed by atoms with Crippen LogP contribution < -0.4 is 10.2 Å². The maximum atomic E-state index is 12.8. The van der Waals surface area contributed by atoms with Crippen molar-refractivity contribution in [3.8, 4) is 11.3 Å². The Hall–Kier alpha value is -3.62. The van der Waals surface area contributed by atoms with E-state index in [-0.39, 0.29) is 5.91 Å². The average Bonchev–Trinajstić information content (AvgIpc) is 3.37. The van der Waals surface area contributed by atoms with Gasteiger partial charge in [0.05, 0.1) is 22.5 Å². The maximum Gasteiger partial charge on any atom is 0.266 e. The molecule has 1 aliphatic rings. The zero-order valence-electron chi connectivity index (χ0n) is 16.4. The largest absolute Gasteiger partial charge is 0.298 e. The topological polar surface area (TPSA) is 79.4 Å². The Labute approximate surface area is 195 Å². The first-order valence-corrected chi connectivity index (χ1v) is 11.3. The summed E-state index contributed by atoms with van der Waals surface area (Å²) in [4.78, 5) is 43.9. The summed E-state index contributed by atoms with van der Waals surface area (Å²) in [6.45, 7) is 0. The van der Waals surface area contributed by atoms with E-state index in [9.17, 15) is 14.4 Å². The van der Waals surface area contributed by atoms with Crippen LogP contribution in [0.3, 0.4) is 0 Å². The Morgan fingerprint density at radius 3 is 2.34 bits per heavy atom. The zero-order valence-corrected chi connectivity index (χ0v) is 18.8. The lowest BCUT2D eigenvalue weighted by molar-refractivity contribution is 0.0924. The van der Waals surface area contributed by atoms with Crippen molar-refractivity contribution in [1.82, 2.24) is 4.98 Å². The normalized spacial score (nSPS) is 12.7. The quantitative estimate of drug-likeness (QED) is 0.366. The van der Waals surface area contributed by atoms with Crippen LogP contribution in [0, 0.1) is 0 Å². The van der Waals surface area contributed by atoms with Crippen LogP contribution in [-0.4, -0.2) is 22.7 Å². The van der Waals surface area contributed by atoms with E-state index in [1.165, 1.54) is 17.4 Å². The standard InChI is InChI=1S/C24H14BrN3O3S/c25-16-7-3-5-14(11-16)20-13-32-24(26-20)27-21(29)15-6-4-8-17(12-15)28-22(30)18-9-1-2-10-19(18)23(28)31/h1-13H,(H,26,27,29). The summed E-state index contributed by atoms with van der Waals surface area (Å²) in [6, 6.07) is 20.8. The van der Waals surface area contributed by atoms with Crippen molar-refractivity contribution in [2.45, 2.75) is 0 Å². The third-order valence-electron chi connectivity index (χ3n) is 5.01. The summed E-state index contributed by atoms with van der Waals surface area (Å²) < 4.78 is 0.943. The van der Waals surface area contributed by atoms with Crippen molar-refractivity contribution in [2.24, 2.45) is 0 Å². The van der Waals surface area contributed by atoms with Crippen molar-refractivity contribution >= 4 is 55.8 Å². The summed E-state index contributed by atoms with van der Waals surface area (Å²) in [5, 5.41) is 5.11. The third-order valence-corrected chi connectivity index (χ3v) is 6.26. The number of hydrogen-bond acceptors (Lipinski definition) is 5. The minimum absolute atomic E-state index is 0.318. The fourth-order valence-electron chi connectivity index (χ4n) is 3.49. The molecule has 0 saturated heterocycles. The van der Waals surface area contributed by atoms with Crippen LogP contribution in [0.2, 0.25) is 0 Å². The fourth-order valence-corrected chi connectivity index (χ4v) is 4.60. The smallest absolute Gasteiger partial charge is 0.266 e. The van der Waals surface area contributed by atoms with Gasteiger partial charge >= 0.3 is 0 Å². The molecule has 0 saturated carbocycles. The molecule has 3 amide bonds. The van der Waals surface area contributed by atoms with Crippen molar-refractivity contribution in [3.63, 3.8) is 0 Å². The van der Waals surface area contributed by atoms with Crippen LogP contribution in [0.25, 0.3) is 11.3 Å². The molecule has 0 radical (unpaired) electrons. The minimum atomic E-state index is -0.401. The number of fused-ring (bicyclic) bond motifs is 1. The number of thiazole rings is 1. The number of nitrogens with zero attached hydrogens (tertiary/aromatic N) is 2. The molecular formula is C24H14BrN3O3S. The van der Waals surface area contributed by atoms with Gasteiger partial charge in [0, 0.05) is 21.0 Å². The molecule has 0 fully saturated rings. The van der Waals surface area contributed by atoms with E-state index in [2.05, 4.69) is 26.2 Å². The van der Waals surface area contributed by atoms with Crippen LogP contribution in [0.15, 0.2) is 82.6 Å². The Kier molecular flexibility index (Phi) is 5.16. The van der Waals surface area contributed by atoms with Crippen molar-refractivity contribution in [2.75, 3.05) is 10.2 Å². The molecule has 1 aromatic heterocycles. The Balaban J connectivity index is 1.37. The van der Waals surface area contributed by atoms with Crippen molar-refractivity contribution in [3.05, 3.63) is 99.3 Å². The monoisotopic (exact) mass is 503 g/mol. The van der Waals surface area contributed by atoms with Gasteiger partial charge in [-0.05, 0) is 42.5 Å². The first kappa shape index (κ1) is 20.3. The fraction of sp³-hybridized carbons (Fsp3) is 0. The number of imide groups is 1. The molecule has 0 bridgehead atoms. The Bertz CT molecular complexity index is 1360. The van der Waals surface area contributed by atoms with Gasteiger partial charge in [-0.1, -0.05) is 46.3 Å². The van der Waals surface area contributed by atoms with Crippen LogP contribution in [0.5, 0.6) is 0 Å². The second-order valence-corrected chi connectivity index (χ2v) is 8.82. The molecule has 0 spiro atoms. The van der Waals surface area contributed by atoms with E-state index in [4.69, 9.17) is 0 Å². The van der Waals surface area contributed by atoms with Gasteiger partial charge in [-0.25, -0.2) is 9.88 Å². The summed E-state index contributed by atoms with van der Waals surface area (Å²) in [7, 11) is 0. The number of carbonyl (C=O) groups excluding carboxylic acids is 3. The summed E-state index contributed by atoms with van der Waals surface area (Å²) in [6.07, 6.45) is 0. The lowest BCUT2D eigenvalue weighted by Crippen LogP contribution is -2.29. The van der Waals surface area contributed by atoms with Gasteiger partial charge < -0.3 is 0 Å². The molecule has 1 aliphatic heterocycles. The van der Waals surface area contributed by atoms with Crippen LogP contribution in [-0.2, 0) is 0 Å². The van der Waals surface area contributed by atoms with Gasteiger partial charge in [0.25, 0.3) is 17.7 Å². The van der Waals surface area contributed by atoms with Gasteiger partial charge in [0.1, 0.15) is 0 Å². The number of aromatic nitrogens is 1. The molecule has 32 heavy (non-hydrogen) atoms. The highest BCUT2D eigenvalue weighted by atomic mass is 79.9. The average molecular weight is 504 g/mol. The van der Waals surface area contributed by atoms with E-state index >= 15 is 0 Å². The van der Waals surface area contributed by atoms with Crippen LogP contribution in [0.1, 0.15) is 31.1 Å².